The van der Waals surface area contributed by atoms with Crippen molar-refractivity contribution in [3.05, 3.63) is 35.4 Å². The number of carbonyl (C=O) groups is 2. The maximum atomic E-state index is 12.0. The molecular formula is C15H20N2O3. The van der Waals surface area contributed by atoms with E-state index in [0.717, 1.165) is 18.4 Å². The van der Waals surface area contributed by atoms with Crippen molar-refractivity contribution < 1.29 is 14.7 Å². The Morgan fingerprint density at radius 2 is 1.95 bits per heavy atom. The van der Waals surface area contributed by atoms with Gasteiger partial charge in [0.1, 0.15) is 6.54 Å². The third-order valence-corrected chi connectivity index (χ3v) is 3.35. The van der Waals surface area contributed by atoms with Gasteiger partial charge in [-0.15, -0.1) is 0 Å². The number of nitrogens with one attached hydrogen (secondary N) is 1. The smallest absolute Gasteiger partial charge is 0.323 e. The van der Waals surface area contributed by atoms with Crippen LogP contribution in [-0.2, 0) is 11.3 Å². The zero-order valence-electron chi connectivity index (χ0n) is 11.6. The van der Waals surface area contributed by atoms with Gasteiger partial charge in [-0.1, -0.05) is 29.8 Å². The van der Waals surface area contributed by atoms with Crippen LogP contribution in [0.5, 0.6) is 0 Å². The van der Waals surface area contributed by atoms with Gasteiger partial charge in [-0.2, -0.15) is 0 Å². The number of carbonyl (C=O) groups excluding carboxylic acids is 1. The summed E-state index contributed by atoms with van der Waals surface area (Å²) in [6.45, 7) is 2.72. The molecule has 0 bridgehead atoms. The molecule has 1 aromatic carbocycles. The van der Waals surface area contributed by atoms with Gasteiger partial charge in [-0.25, -0.2) is 4.79 Å². The summed E-state index contributed by atoms with van der Waals surface area (Å²) in [6, 6.07) is 7.58. The summed E-state index contributed by atoms with van der Waals surface area (Å²) in [5, 5.41) is 11.6. The Morgan fingerprint density at radius 3 is 2.50 bits per heavy atom. The number of nitrogens with zero attached hydrogens (tertiary/aromatic N) is 1. The lowest BCUT2D eigenvalue weighted by molar-refractivity contribution is -0.137. The van der Waals surface area contributed by atoms with Crippen molar-refractivity contribution in [2.75, 3.05) is 13.1 Å². The molecule has 2 N–H and O–H groups in total. The second kappa shape index (κ2) is 6.41. The standard InChI is InChI=1S/C15H20N2O3/c1-11-2-4-12(5-3-11)8-16-15(20)17(10-14(18)19)9-13-6-7-13/h2-5,13H,6-10H2,1H3,(H,16,20)(H,18,19). The van der Waals surface area contributed by atoms with Gasteiger partial charge < -0.3 is 15.3 Å². The molecule has 1 aliphatic carbocycles. The second-order valence-electron chi connectivity index (χ2n) is 5.36. The first-order valence-electron chi connectivity index (χ1n) is 6.84. The Kier molecular flexibility index (Phi) is 4.61. The lowest BCUT2D eigenvalue weighted by Crippen LogP contribution is -2.43. The minimum absolute atomic E-state index is 0.240. The quantitative estimate of drug-likeness (QED) is 0.835. The largest absolute Gasteiger partial charge is 0.480 e. The Hall–Kier alpha value is -2.04. The van der Waals surface area contributed by atoms with Crippen LogP contribution in [0.15, 0.2) is 24.3 Å². The topological polar surface area (TPSA) is 69.6 Å². The molecule has 1 saturated carbocycles. The zero-order chi connectivity index (χ0) is 14.5. The van der Waals surface area contributed by atoms with E-state index in [1.165, 1.54) is 10.5 Å². The van der Waals surface area contributed by atoms with Crippen molar-refractivity contribution in [3.63, 3.8) is 0 Å². The van der Waals surface area contributed by atoms with Gasteiger partial charge in [0.2, 0.25) is 0 Å². The number of aliphatic carboxylic acids is 1. The summed E-state index contributed by atoms with van der Waals surface area (Å²) >= 11 is 0. The first-order chi connectivity index (χ1) is 9.54. The number of benzene rings is 1. The Labute approximate surface area is 118 Å². The molecule has 0 aliphatic heterocycles. The van der Waals surface area contributed by atoms with Crippen molar-refractivity contribution in [2.45, 2.75) is 26.3 Å². The average molecular weight is 276 g/mol. The van der Waals surface area contributed by atoms with E-state index < -0.39 is 5.97 Å². The summed E-state index contributed by atoms with van der Waals surface area (Å²) in [5.41, 5.74) is 2.17. The van der Waals surface area contributed by atoms with E-state index in [4.69, 9.17) is 5.11 Å². The summed E-state index contributed by atoms with van der Waals surface area (Å²) in [7, 11) is 0. The SMILES string of the molecule is Cc1ccc(CNC(=O)N(CC(=O)O)CC2CC2)cc1. The molecule has 0 radical (unpaired) electrons. The minimum Gasteiger partial charge on any atom is -0.480 e. The van der Waals surface area contributed by atoms with E-state index in [-0.39, 0.29) is 12.6 Å². The van der Waals surface area contributed by atoms with Crippen molar-refractivity contribution in [1.29, 1.82) is 0 Å². The molecule has 2 rings (SSSR count). The number of rotatable bonds is 6. The highest BCUT2D eigenvalue weighted by molar-refractivity contribution is 5.80. The molecule has 0 spiro atoms. The summed E-state index contributed by atoms with van der Waals surface area (Å²) in [4.78, 5) is 24.2. The molecule has 0 aromatic heterocycles. The van der Waals surface area contributed by atoms with Crippen LogP contribution in [0.1, 0.15) is 24.0 Å². The lowest BCUT2D eigenvalue weighted by Gasteiger charge is -2.21. The summed E-state index contributed by atoms with van der Waals surface area (Å²) in [6.07, 6.45) is 2.17. The van der Waals surface area contributed by atoms with Gasteiger partial charge >= 0.3 is 12.0 Å². The van der Waals surface area contributed by atoms with Gasteiger partial charge in [0.25, 0.3) is 0 Å². The van der Waals surface area contributed by atoms with E-state index in [2.05, 4.69) is 5.32 Å². The van der Waals surface area contributed by atoms with Crippen LogP contribution < -0.4 is 5.32 Å². The molecule has 0 atom stereocenters. The monoisotopic (exact) mass is 276 g/mol. The van der Waals surface area contributed by atoms with Gasteiger partial charge in [0.15, 0.2) is 0 Å². The number of carboxylic acid groups (broad SMARTS) is 1. The Balaban J connectivity index is 1.86. The lowest BCUT2D eigenvalue weighted by atomic mass is 10.1. The fraction of sp³-hybridized carbons (Fsp3) is 0.467. The van der Waals surface area contributed by atoms with E-state index in [9.17, 15) is 9.59 Å². The maximum absolute atomic E-state index is 12.0. The van der Waals surface area contributed by atoms with E-state index in [1.807, 2.05) is 31.2 Å². The number of hydrogen-bond acceptors (Lipinski definition) is 2. The first kappa shape index (κ1) is 14.4. The number of amides is 2. The second-order valence-corrected chi connectivity index (χ2v) is 5.36. The fourth-order valence-corrected chi connectivity index (χ4v) is 1.99. The maximum Gasteiger partial charge on any atom is 0.323 e. The van der Waals surface area contributed by atoms with Crippen LogP contribution in [0.2, 0.25) is 0 Å². The summed E-state index contributed by atoms with van der Waals surface area (Å²) in [5.74, 6) is -0.504. The van der Waals surface area contributed by atoms with Crippen LogP contribution in [0.4, 0.5) is 4.79 Å². The van der Waals surface area contributed by atoms with E-state index >= 15 is 0 Å². The predicted octanol–water partition coefficient (Wildman–Crippen LogP) is 2.00. The van der Waals surface area contributed by atoms with Crippen molar-refractivity contribution in [2.24, 2.45) is 5.92 Å². The number of carboxylic acids is 1. The van der Waals surface area contributed by atoms with Crippen LogP contribution >= 0.6 is 0 Å². The first-order valence-corrected chi connectivity index (χ1v) is 6.84. The van der Waals surface area contributed by atoms with Gasteiger partial charge in [-0.05, 0) is 31.2 Å². The van der Waals surface area contributed by atoms with Crippen molar-refractivity contribution in [1.82, 2.24) is 10.2 Å². The highest BCUT2D eigenvalue weighted by Crippen LogP contribution is 2.29. The molecule has 20 heavy (non-hydrogen) atoms. The third-order valence-electron chi connectivity index (χ3n) is 3.35. The Bertz CT molecular complexity index is 480. The van der Waals surface area contributed by atoms with E-state index in [0.29, 0.717) is 19.0 Å². The van der Waals surface area contributed by atoms with Crippen LogP contribution in [0, 0.1) is 12.8 Å². The van der Waals surface area contributed by atoms with Crippen LogP contribution in [-0.4, -0.2) is 35.1 Å². The molecule has 1 fully saturated rings. The van der Waals surface area contributed by atoms with E-state index in [1.54, 1.807) is 0 Å². The average Bonchev–Trinajstić information content (AvgIpc) is 3.20. The van der Waals surface area contributed by atoms with Crippen LogP contribution in [0.3, 0.4) is 0 Å². The van der Waals surface area contributed by atoms with Crippen LogP contribution in [0.25, 0.3) is 0 Å². The summed E-state index contributed by atoms with van der Waals surface area (Å²) < 4.78 is 0. The van der Waals surface area contributed by atoms with Gasteiger partial charge in [0, 0.05) is 13.1 Å². The number of hydrogen-bond donors (Lipinski definition) is 2. The molecule has 0 saturated heterocycles. The van der Waals surface area contributed by atoms with Gasteiger partial charge in [-0.3, -0.25) is 4.79 Å². The molecule has 108 valence electrons. The molecule has 0 heterocycles. The van der Waals surface area contributed by atoms with Crippen molar-refractivity contribution >= 4 is 12.0 Å². The molecule has 1 aliphatic rings. The highest BCUT2D eigenvalue weighted by Gasteiger charge is 2.27. The van der Waals surface area contributed by atoms with Crippen molar-refractivity contribution in [3.8, 4) is 0 Å². The fourth-order valence-electron chi connectivity index (χ4n) is 1.99. The molecule has 1 aromatic rings. The molecule has 0 unspecified atom stereocenters. The molecule has 5 nitrogen and oxygen atoms in total. The molecule has 5 heteroatoms. The zero-order valence-corrected chi connectivity index (χ0v) is 11.6. The predicted molar refractivity (Wildman–Crippen MR) is 75.3 cm³/mol. The third kappa shape index (κ3) is 4.57. The Morgan fingerprint density at radius 1 is 1.30 bits per heavy atom. The molecule has 2 amide bonds. The number of urea groups is 1. The highest BCUT2D eigenvalue weighted by atomic mass is 16.4. The number of aryl methyl sites for hydroxylation is 1. The molecular weight excluding hydrogens is 256 g/mol. The normalized spacial score (nSPS) is 13.8. The minimum atomic E-state index is -0.976. The van der Waals surface area contributed by atoms with Gasteiger partial charge in [0.05, 0.1) is 0 Å².